The van der Waals surface area contributed by atoms with Gasteiger partial charge in [-0.2, -0.15) is 0 Å². The first-order chi connectivity index (χ1) is 14.2. The number of hydrogen-bond acceptors (Lipinski definition) is 6. The standard InChI is InChI=1S/C21H25N3O4S2/c1-6-24(7-2)19(26)17-12(3)16(20(27)28-5)18(30-17)23-21(29)22-15-10-8-14(9-11-15)13(4)25/h8-11H,6-7H2,1-5H3,(H2,22,23,29). The minimum absolute atomic E-state index is 0.0237. The smallest absolute Gasteiger partial charge is 0.341 e. The molecule has 0 aliphatic rings. The summed E-state index contributed by atoms with van der Waals surface area (Å²) in [5.41, 5.74) is 2.12. The van der Waals surface area contributed by atoms with Crippen molar-refractivity contribution < 1.29 is 19.1 Å². The summed E-state index contributed by atoms with van der Waals surface area (Å²) >= 11 is 6.54. The Balaban J connectivity index is 2.29. The molecule has 9 heteroatoms. The van der Waals surface area contributed by atoms with E-state index in [4.69, 9.17) is 17.0 Å². The highest BCUT2D eigenvalue weighted by molar-refractivity contribution is 7.80. The molecule has 1 amide bonds. The molecule has 0 aliphatic carbocycles. The van der Waals surface area contributed by atoms with Gasteiger partial charge < -0.3 is 20.3 Å². The van der Waals surface area contributed by atoms with Crippen LogP contribution in [0.2, 0.25) is 0 Å². The number of anilines is 2. The topological polar surface area (TPSA) is 87.7 Å². The number of thiocarbonyl (C=S) groups is 1. The van der Waals surface area contributed by atoms with Crippen LogP contribution in [0.5, 0.6) is 0 Å². The second-order valence-corrected chi connectivity index (χ2v) is 7.87. The molecular weight excluding hydrogens is 422 g/mol. The highest BCUT2D eigenvalue weighted by Crippen LogP contribution is 2.34. The third-order valence-corrected chi connectivity index (χ3v) is 5.96. The number of ether oxygens (including phenoxy) is 1. The Kier molecular flexibility index (Phi) is 8.08. The van der Waals surface area contributed by atoms with Crippen molar-refractivity contribution in [3.8, 4) is 0 Å². The fourth-order valence-electron chi connectivity index (χ4n) is 2.86. The number of esters is 1. The van der Waals surface area contributed by atoms with Crippen LogP contribution >= 0.6 is 23.6 Å². The molecule has 160 valence electrons. The van der Waals surface area contributed by atoms with Gasteiger partial charge in [0.05, 0.1) is 17.6 Å². The molecule has 30 heavy (non-hydrogen) atoms. The van der Waals surface area contributed by atoms with Crippen LogP contribution < -0.4 is 10.6 Å². The van der Waals surface area contributed by atoms with Crippen LogP contribution in [0.3, 0.4) is 0 Å². The lowest BCUT2D eigenvalue weighted by Gasteiger charge is -2.17. The molecule has 0 fully saturated rings. The number of rotatable bonds is 7. The number of thiophene rings is 1. The highest BCUT2D eigenvalue weighted by Gasteiger charge is 2.27. The van der Waals surface area contributed by atoms with Crippen LogP contribution in [0.1, 0.15) is 56.7 Å². The van der Waals surface area contributed by atoms with Gasteiger partial charge in [-0.05, 0) is 69.7 Å². The van der Waals surface area contributed by atoms with E-state index in [0.717, 1.165) is 0 Å². The molecule has 0 spiro atoms. The zero-order valence-electron chi connectivity index (χ0n) is 17.6. The summed E-state index contributed by atoms with van der Waals surface area (Å²) in [6.45, 7) is 8.17. The van der Waals surface area contributed by atoms with E-state index in [2.05, 4.69) is 10.6 Å². The number of hydrogen-bond donors (Lipinski definition) is 2. The van der Waals surface area contributed by atoms with Crippen molar-refractivity contribution in [2.45, 2.75) is 27.7 Å². The van der Waals surface area contributed by atoms with E-state index < -0.39 is 5.97 Å². The Morgan fingerprint density at radius 2 is 1.70 bits per heavy atom. The summed E-state index contributed by atoms with van der Waals surface area (Å²) in [5.74, 6) is -0.706. The number of Topliss-reactive ketones (excluding diaryl/α,β-unsaturated/α-hetero) is 1. The molecular formula is C21H25N3O4S2. The van der Waals surface area contributed by atoms with Crippen LogP contribution in [0, 0.1) is 6.92 Å². The van der Waals surface area contributed by atoms with Gasteiger partial charge in [-0.25, -0.2) is 4.79 Å². The zero-order chi connectivity index (χ0) is 22.4. The molecule has 1 aromatic carbocycles. The maximum Gasteiger partial charge on any atom is 0.341 e. The van der Waals surface area contributed by atoms with E-state index in [1.165, 1.54) is 25.4 Å². The molecule has 0 saturated carbocycles. The van der Waals surface area contributed by atoms with Gasteiger partial charge in [0.2, 0.25) is 0 Å². The van der Waals surface area contributed by atoms with E-state index >= 15 is 0 Å². The quantitative estimate of drug-likeness (QED) is 0.371. The maximum absolute atomic E-state index is 12.8. The van der Waals surface area contributed by atoms with E-state index in [1.807, 2.05) is 13.8 Å². The van der Waals surface area contributed by atoms with Gasteiger partial charge in [0.15, 0.2) is 10.9 Å². The third-order valence-electron chi connectivity index (χ3n) is 4.56. The third kappa shape index (κ3) is 5.22. The Morgan fingerprint density at radius 3 is 2.20 bits per heavy atom. The van der Waals surface area contributed by atoms with E-state index in [1.54, 1.807) is 36.1 Å². The second-order valence-electron chi connectivity index (χ2n) is 6.44. The van der Waals surface area contributed by atoms with Gasteiger partial charge in [-0.1, -0.05) is 0 Å². The molecule has 7 nitrogen and oxygen atoms in total. The monoisotopic (exact) mass is 447 g/mol. The first-order valence-electron chi connectivity index (χ1n) is 9.43. The summed E-state index contributed by atoms with van der Waals surface area (Å²) in [6.07, 6.45) is 0. The first kappa shape index (κ1) is 23.5. The van der Waals surface area contributed by atoms with Crippen molar-refractivity contribution in [2.24, 2.45) is 0 Å². The second kappa shape index (κ2) is 10.3. The predicted molar refractivity (Wildman–Crippen MR) is 124 cm³/mol. The maximum atomic E-state index is 12.8. The molecule has 1 heterocycles. The van der Waals surface area contributed by atoms with Crippen molar-refractivity contribution in [3.05, 3.63) is 45.8 Å². The first-order valence-corrected chi connectivity index (χ1v) is 10.7. The average molecular weight is 448 g/mol. The van der Waals surface area contributed by atoms with Crippen LogP contribution in [0.25, 0.3) is 0 Å². The number of methoxy groups -OCH3 is 1. The largest absolute Gasteiger partial charge is 0.465 e. The van der Waals surface area contributed by atoms with Crippen molar-refractivity contribution in [1.29, 1.82) is 0 Å². The molecule has 0 bridgehead atoms. The van der Waals surface area contributed by atoms with Crippen LogP contribution in [0.15, 0.2) is 24.3 Å². The summed E-state index contributed by atoms with van der Waals surface area (Å²) < 4.78 is 4.91. The molecule has 2 N–H and O–H groups in total. The Hall–Kier alpha value is -2.78. The minimum Gasteiger partial charge on any atom is -0.465 e. The van der Waals surface area contributed by atoms with Crippen molar-refractivity contribution >= 4 is 57.0 Å². The SMILES string of the molecule is CCN(CC)C(=O)c1sc(NC(=S)Nc2ccc(C(C)=O)cc2)c(C(=O)OC)c1C. The van der Waals surface area contributed by atoms with Gasteiger partial charge in [-0.3, -0.25) is 9.59 Å². The Labute approximate surface area is 185 Å². The normalized spacial score (nSPS) is 10.3. The van der Waals surface area contributed by atoms with Gasteiger partial charge >= 0.3 is 5.97 Å². The van der Waals surface area contributed by atoms with Gasteiger partial charge in [0.25, 0.3) is 5.91 Å². The lowest BCUT2D eigenvalue weighted by atomic mass is 10.1. The van der Waals surface area contributed by atoms with E-state index in [9.17, 15) is 14.4 Å². The number of carbonyl (C=O) groups excluding carboxylic acids is 3. The molecule has 0 atom stereocenters. The van der Waals surface area contributed by atoms with Crippen molar-refractivity contribution in [1.82, 2.24) is 4.90 Å². The average Bonchev–Trinajstić information content (AvgIpc) is 3.04. The summed E-state index contributed by atoms with van der Waals surface area (Å²) in [4.78, 5) is 38.8. The number of amides is 1. The molecule has 0 saturated heterocycles. The summed E-state index contributed by atoms with van der Waals surface area (Å²) in [5, 5.41) is 6.70. The van der Waals surface area contributed by atoms with Crippen molar-refractivity contribution in [2.75, 3.05) is 30.8 Å². The highest BCUT2D eigenvalue weighted by atomic mass is 32.1. The van der Waals surface area contributed by atoms with Crippen molar-refractivity contribution in [3.63, 3.8) is 0 Å². The summed E-state index contributed by atoms with van der Waals surface area (Å²) in [7, 11) is 1.29. The fraction of sp³-hybridized carbons (Fsp3) is 0.333. The molecule has 1 aromatic heterocycles. The number of nitrogens with zero attached hydrogens (tertiary/aromatic N) is 1. The van der Waals surface area contributed by atoms with E-state index in [0.29, 0.717) is 39.8 Å². The van der Waals surface area contributed by atoms with Crippen LogP contribution in [0.4, 0.5) is 10.7 Å². The Bertz CT molecular complexity index is 963. The fourth-order valence-corrected chi connectivity index (χ4v) is 4.31. The number of ketones is 1. The lowest BCUT2D eigenvalue weighted by molar-refractivity contribution is 0.0601. The number of benzene rings is 1. The number of carbonyl (C=O) groups is 3. The minimum atomic E-state index is -0.543. The molecule has 0 unspecified atom stereocenters. The van der Waals surface area contributed by atoms with Crippen LogP contribution in [-0.4, -0.2) is 47.9 Å². The molecule has 2 rings (SSSR count). The molecule has 0 radical (unpaired) electrons. The van der Waals surface area contributed by atoms with E-state index in [-0.39, 0.29) is 22.4 Å². The molecule has 2 aromatic rings. The number of nitrogens with one attached hydrogen (secondary N) is 2. The van der Waals surface area contributed by atoms with Gasteiger partial charge in [0, 0.05) is 24.3 Å². The van der Waals surface area contributed by atoms with Gasteiger partial charge in [-0.15, -0.1) is 11.3 Å². The lowest BCUT2D eigenvalue weighted by Crippen LogP contribution is -2.30. The molecule has 0 aliphatic heterocycles. The van der Waals surface area contributed by atoms with Crippen LogP contribution in [-0.2, 0) is 4.74 Å². The summed E-state index contributed by atoms with van der Waals surface area (Å²) in [6, 6.07) is 6.87. The zero-order valence-corrected chi connectivity index (χ0v) is 19.3. The Morgan fingerprint density at radius 1 is 1.10 bits per heavy atom. The predicted octanol–water partition coefficient (Wildman–Crippen LogP) is 4.34. The van der Waals surface area contributed by atoms with Gasteiger partial charge in [0.1, 0.15) is 5.00 Å².